The molecule has 1 N–H and O–H groups in total. The van der Waals surface area contributed by atoms with Crippen molar-refractivity contribution >= 4 is 11.6 Å². The Balaban J connectivity index is 2.33. The topological polar surface area (TPSA) is 35.6 Å². The fraction of sp³-hybridized carbons (Fsp3) is 0.533. The maximum atomic E-state index is 12.7. The number of carbonyl (C=O) groups excluding carboxylic acids is 1. The van der Waals surface area contributed by atoms with Gasteiger partial charge in [0.25, 0.3) is 0 Å². The average Bonchev–Trinajstić information content (AvgIpc) is 2.40. The third-order valence-electron chi connectivity index (χ3n) is 3.98. The van der Waals surface area contributed by atoms with Gasteiger partial charge in [0.05, 0.1) is 0 Å². The molecule has 2 rings (SSSR count). The Labute approximate surface area is 115 Å². The minimum atomic E-state index is -0.117. The summed E-state index contributed by atoms with van der Waals surface area (Å²) in [5, 5.41) is 3.12. The minimum Gasteiger partial charge on any atom is -0.318 e. The minimum absolute atomic E-state index is 0.0364. The van der Waals surface area contributed by atoms with Gasteiger partial charge in [-0.2, -0.15) is 0 Å². The van der Waals surface area contributed by atoms with Crippen LogP contribution in [0, 0.1) is 0 Å². The number of piperazine rings is 1. The van der Waals surface area contributed by atoms with Gasteiger partial charge in [-0.25, -0.2) is 0 Å². The van der Waals surface area contributed by atoms with Gasteiger partial charge in [0.2, 0.25) is 5.91 Å². The van der Waals surface area contributed by atoms with Crippen LogP contribution in [-0.2, 0) is 4.79 Å². The van der Waals surface area contributed by atoms with Crippen molar-refractivity contribution in [1.82, 2.24) is 10.2 Å². The SMILES string of the molecule is CNCC1C(=O)N(c2ccccc2)CC(C)(C)N1C. The lowest BCUT2D eigenvalue weighted by Gasteiger charge is -2.49. The maximum absolute atomic E-state index is 12.7. The zero-order valence-corrected chi connectivity index (χ0v) is 12.2. The summed E-state index contributed by atoms with van der Waals surface area (Å²) in [6, 6.07) is 9.79. The van der Waals surface area contributed by atoms with E-state index in [-0.39, 0.29) is 17.5 Å². The quantitative estimate of drug-likeness (QED) is 0.891. The Hall–Kier alpha value is -1.39. The number of amides is 1. The molecule has 1 aromatic rings. The number of nitrogens with one attached hydrogen (secondary N) is 1. The molecule has 0 aromatic heterocycles. The van der Waals surface area contributed by atoms with Crippen LogP contribution in [0.1, 0.15) is 13.8 Å². The summed E-state index contributed by atoms with van der Waals surface area (Å²) in [6.07, 6.45) is 0. The lowest BCUT2D eigenvalue weighted by Crippen LogP contribution is -2.67. The third kappa shape index (κ3) is 2.65. The highest BCUT2D eigenvalue weighted by Crippen LogP contribution is 2.28. The van der Waals surface area contributed by atoms with E-state index >= 15 is 0 Å². The van der Waals surface area contributed by atoms with Gasteiger partial charge >= 0.3 is 0 Å². The van der Waals surface area contributed by atoms with Crippen LogP contribution in [0.25, 0.3) is 0 Å². The first-order valence-electron chi connectivity index (χ1n) is 6.71. The highest BCUT2D eigenvalue weighted by Gasteiger charge is 2.42. The number of nitrogens with zero attached hydrogens (tertiary/aromatic N) is 2. The van der Waals surface area contributed by atoms with Crippen molar-refractivity contribution < 1.29 is 4.79 Å². The maximum Gasteiger partial charge on any atom is 0.245 e. The first-order valence-corrected chi connectivity index (χ1v) is 6.71. The second-order valence-electron chi connectivity index (χ2n) is 5.76. The van der Waals surface area contributed by atoms with Gasteiger partial charge in [0.1, 0.15) is 6.04 Å². The number of likely N-dealkylation sites (N-methyl/N-ethyl adjacent to an activating group) is 2. The van der Waals surface area contributed by atoms with Crippen molar-refractivity contribution in [2.24, 2.45) is 0 Å². The molecule has 1 aliphatic heterocycles. The predicted molar refractivity (Wildman–Crippen MR) is 78.4 cm³/mol. The van der Waals surface area contributed by atoms with E-state index in [9.17, 15) is 4.79 Å². The first kappa shape index (κ1) is 14.0. The molecule has 0 spiro atoms. The zero-order valence-electron chi connectivity index (χ0n) is 12.2. The second-order valence-corrected chi connectivity index (χ2v) is 5.76. The number of benzene rings is 1. The molecule has 0 radical (unpaired) electrons. The van der Waals surface area contributed by atoms with Gasteiger partial charge in [-0.05, 0) is 40.1 Å². The number of hydrogen-bond acceptors (Lipinski definition) is 3. The molecule has 1 heterocycles. The predicted octanol–water partition coefficient (Wildman–Crippen LogP) is 1.33. The Bertz CT molecular complexity index is 444. The highest BCUT2D eigenvalue weighted by molar-refractivity contribution is 5.98. The van der Waals surface area contributed by atoms with E-state index < -0.39 is 0 Å². The molecular weight excluding hydrogens is 238 g/mol. The fourth-order valence-corrected chi connectivity index (χ4v) is 2.59. The van der Waals surface area contributed by atoms with E-state index in [2.05, 4.69) is 24.1 Å². The van der Waals surface area contributed by atoms with E-state index in [1.165, 1.54) is 0 Å². The van der Waals surface area contributed by atoms with Crippen molar-refractivity contribution in [1.29, 1.82) is 0 Å². The normalized spacial score (nSPS) is 23.7. The number of anilines is 1. The Morgan fingerprint density at radius 1 is 1.32 bits per heavy atom. The van der Waals surface area contributed by atoms with Crippen LogP contribution in [0.3, 0.4) is 0 Å². The number of para-hydroxylation sites is 1. The van der Waals surface area contributed by atoms with Crippen molar-refractivity contribution in [3.8, 4) is 0 Å². The monoisotopic (exact) mass is 261 g/mol. The largest absolute Gasteiger partial charge is 0.318 e. The lowest BCUT2D eigenvalue weighted by atomic mass is 9.94. The van der Waals surface area contributed by atoms with Gasteiger partial charge in [-0.15, -0.1) is 0 Å². The van der Waals surface area contributed by atoms with Crippen LogP contribution in [0.2, 0.25) is 0 Å². The van der Waals surface area contributed by atoms with E-state index in [1.807, 2.05) is 49.3 Å². The van der Waals surface area contributed by atoms with Gasteiger partial charge in [-0.1, -0.05) is 18.2 Å². The summed E-state index contributed by atoms with van der Waals surface area (Å²) in [5.41, 5.74) is 0.945. The van der Waals surface area contributed by atoms with Crippen molar-refractivity contribution in [2.75, 3.05) is 32.1 Å². The van der Waals surface area contributed by atoms with Crippen LogP contribution in [0.5, 0.6) is 0 Å². The van der Waals surface area contributed by atoms with Crippen LogP contribution in [0.15, 0.2) is 30.3 Å². The van der Waals surface area contributed by atoms with Gasteiger partial charge in [0, 0.05) is 24.3 Å². The van der Waals surface area contributed by atoms with Crippen molar-refractivity contribution in [3.63, 3.8) is 0 Å². The number of hydrogen-bond donors (Lipinski definition) is 1. The molecule has 1 fully saturated rings. The summed E-state index contributed by atoms with van der Waals surface area (Å²) < 4.78 is 0. The van der Waals surface area contributed by atoms with Gasteiger partial charge in [-0.3, -0.25) is 9.69 Å². The van der Waals surface area contributed by atoms with Crippen LogP contribution < -0.4 is 10.2 Å². The molecule has 0 aliphatic carbocycles. The standard InChI is InChI=1S/C15H23N3O/c1-15(2)11-18(12-8-6-5-7-9-12)14(19)13(10-16-3)17(15)4/h5-9,13,16H,10-11H2,1-4H3. The molecule has 1 aromatic carbocycles. The van der Waals surface area contributed by atoms with Crippen LogP contribution >= 0.6 is 0 Å². The Kier molecular flexibility index (Phi) is 3.92. The summed E-state index contributed by atoms with van der Waals surface area (Å²) in [4.78, 5) is 16.7. The molecule has 1 amide bonds. The van der Waals surface area contributed by atoms with E-state index in [1.54, 1.807) is 0 Å². The molecule has 4 nitrogen and oxygen atoms in total. The summed E-state index contributed by atoms with van der Waals surface area (Å²) in [5.74, 6) is 0.169. The molecule has 19 heavy (non-hydrogen) atoms. The molecule has 0 bridgehead atoms. The average molecular weight is 261 g/mol. The van der Waals surface area contributed by atoms with Crippen molar-refractivity contribution in [2.45, 2.75) is 25.4 Å². The number of carbonyl (C=O) groups is 1. The Morgan fingerprint density at radius 3 is 2.53 bits per heavy atom. The molecule has 1 saturated heterocycles. The summed E-state index contributed by atoms with van der Waals surface area (Å²) >= 11 is 0. The Morgan fingerprint density at radius 2 is 1.95 bits per heavy atom. The lowest BCUT2D eigenvalue weighted by molar-refractivity contribution is -0.128. The van der Waals surface area contributed by atoms with E-state index in [0.29, 0.717) is 13.1 Å². The second kappa shape index (κ2) is 5.31. The first-order chi connectivity index (χ1) is 8.97. The highest BCUT2D eigenvalue weighted by atomic mass is 16.2. The molecule has 1 unspecified atom stereocenters. The summed E-state index contributed by atoms with van der Waals surface area (Å²) in [6.45, 7) is 5.74. The smallest absolute Gasteiger partial charge is 0.245 e. The zero-order chi connectivity index (χ0) is 14.0. The molecular formula is C15H23N3O. The fourth-order valence-electron chi connectivity index (χ4n) is 2.59. The molecule has 1 aliphatic rings. The van der Waals surface area contributed by atoms with E-state index in [0.717, 1.165) is 5.69 Å². The molecule has 104 valence electrons. The van der Waals surface area contributed by atoms with Gasteiger partial charge < -0.3 is 10.2 Å². The molecule has 0 saturated carbocycles. The van der Waals surface area contributed by atoms with Crippen LogP contribution in [0.4, 0.5) is 5.69 Å². The van der Waals surface area contributed by atoms with Crippen molar-refractivity contribution in [3.05, 3.63) is 30.3 Å². The summed E-state index contributed by atoms with van der Waals surface area (Å²) in [7, 11) is 3.91. The number of rotatable bonds is 3. The molecule has 1 atom stereocenters. The van der Waals surface area contributed by atoms with Gasteiger partial charge in [0.15, 0.2) is 0 Å². The third-order valence-corrected chi connectivity index (χ3v) is 3.98. The van der Waals surface area contributed by atoms with E-state index in [4.69, 9.17) is 0 Å². The van der Waals surface area contributed by atoms with Crippen LogP contribution in [-0.4, -0.2) is 49.6 Å². The molecule has 4 heteroatoms.